The van der Waals surface area contributed by atoms with Gasteiger partial charge in [-0.3, -0.25) is 13.9 Å². The second-order valence-corrected chi connectivity index (χ2v) is 15.9. The number of allylic oxidation sites excluding steroid dienone is 8. The minimum atomic E-state index is -0.496. The average Bonchev–Trinajstić information content (AvgIpc) is 3.70. The number of hydrogen-bond donors (Lipinski definition) is 1. The molecule has 54 heavy (non-hydrogen) atoms. The number of hydrogen-bond acceptors (Lipinski definition) is 4. The second-order valence-electron chi connectivity index (χ2n) is 15.9. The highest BCUT2D eigenvalue weighted by molar-refractivity contribution is 6.08. The molecule has 1 aliphatic carbocycles. The van der Waals surface area contributed by atoms with Gasteiger partial charge >= 0.3 is 5.69 Å². The monoisotopic (exact) mass is 717 g/mol. The number of aromatic nitrogens is 2. The summed E-state index contributed by atoms with van der Waals surface area (Å²) < 4.78 is 4.82. The van der Waals surface area contributed by atoms with Gasteiger partial charge in [0.05, 0.1) is 5.41 Å². The van der Waals surface area contributed by atoms with E-state index in [1.54, 1.807) is 6.92 Å². The molecule has 0 atom stereocenters. The summed E-state index contributed by atoms with van der Waals surface area (Å²) in [5.41, 5.74) is 8.54. The topological polar surface area (TPSA) is 70.5 Å². The van der Waals surface area contributed by atoms with E-state index in [4.69, 9.17) is 0 Å². The summed E-state index contributed by atoms with van der Waals surface area (Å²) >= 11 is 0. The highest BCUT2D eigenvalue weighted by atomic mass is 16.3. The molecule has 0 bridgehead atoms. The van der Waals surface area contributed by atoms with Gasteiger partial charge in [-0.25, -0.2) is 4.79 Å². The van der Waals surface area contributed by atoms with E-state index in [1.165, 1.54) is 53.2 Å². The number of rotatable bonds is 6. The van der Waals surface area contributed by atoms with Crippen LogP contribution in [-0.4, -0.2) is 38.6 Å². The van der Waals surface area contributed by atoms with Crippen LogP contribution in [0.5, 0.6) is 5.88 Å². The number of likely N-dealkylation sites (N-methyl/N-ethyl adjacent to an activating group) is 1. The van der Waals surface area contributed by atoms with Crippen molar-refractivity contribution in [3.8, 4) is 5.88 Å². The largest absolute Gasteiger partial charge is 0.494 e. The molecule has 8 rings (SSSR count). The zero-order valence-corrected chi connectivity index (χ0v) is 32.6. The van der Waals surface area contributed by atoms with Crippen LogP contribution in [0.2, 0.25) is 0 Å². The highest BCUT2D eigenvalue weighted by Crippen LogP contribution is 2.51. The van der Waals surface area contributed by atoms with E-state index in [2.05, 4.69) is 148 Å². The first-order chi connectivity index (χ1) is 25.8. The van der Waals surface area contributed by atoms with Crippen molar-refractivity contribution in [3.63, 3.8) is 0 Å². The van der Waals surface area contributed by atoms with Gasteiger partial charge < -0.3 is 10.0 Å². The van der Waals surface area contributed by atoms with Crippen LogP contribution in [0.15, 0.2) is 124 Å². The molecule has 7 nitrogen and oxygen atoms in total. The van der Waals surface area contributed by atoms with Crippen LogP contribution < -0.4 is 16.1 Å². The number of fused-ring (bicyclic) bond motifs is 6. The maximum Gasteiger partial charge on any atom is 0.333 e. The minimum absolute atomic E-state index is 0.187. The Labute approximate surface area is 316 Å². The van der Waals surface area contributed by atoms with Gasteiger partial charge in [-0.15, -0.1) is 0 Å². The molecule has 0 amide bonds. The molecule has 5 aromatic rings. The summed E-state index contributed by atoms with van der Waals surface area (Å²) in [6.45, 7) is 13.1. The van der Waals surface area contributed by atoms with Crippen molar-refractivity contribution in [2.45, 2.75) is 78.3 Å². The Morgan fingerprint density at radius 2 is 1.39 bits per heavy atom. The van der Waals surface area contributed by atoms with Crippen LogP contribution in [0.4, 0.5) is 11.4 Å². The SMILES string of the molecule is CCn1c(O)c(C2=C(/C=C/C3=[N+](C)c4ccc5ccccc5c4C3(C)C)CC/C2=C\C=C2\N(C)c3ccc4ccccc4c3C2(C)C)c(=O)n(CC)c1=O. The van der Waals surface area contributed by atoms with E-state index in [0.717, 1.165) is 22.6 Å². The van der Waals surface area contributed by atoms with Crippen LogP contribution in [-0.2, 0) is 23.9 Å². The van der Waals surface area contributed by atoms with Crippen LogP contribution in [0, 0.1) is 0 Å². The van der Waals surface area contributed by atoms with Gasteiger partial charge in [-0.05, 0) is 103 Å². The molecule has 3 aliphatic rings. The molecule has 0 unspecified atom stereocenters. The highest BCUT2D eigenvalue weighted by Gasteiger charge is 2.44. The maximum atomic E-state index is 14.2. The molecule has 0 radical (unpaired) electrons. The van der Waals surface area contributed by atoms with Crippen LogP contribution in [0.1, 0.15) is 71.1 Å². The number of anilines is 1. The molecule has 274 valence electrons. The molecular weight excluding hydrogens is 669 g/mol. The Balaban J connectivity index is 1.30. The molecule has 0 fully saturated rings. The molecule has 1 N–H and O–H groups in total. The summed E-state index contributed by atoms with van der Waals surface area (Å²) in [5.74, 6) is -0.277. The predicted octanol–water partition coefficient (Wildman–Crippen LogP) is 9.11. The zero-order valence-electron chi connectivity index (χ0n) is 32.6. The summed E-state index contributed by atoms with van der Waals surface area (Å²) in [5, 5.41) is 16.7. The summed E-state index contributed by atoms with van der Waals surface area (Å²) in [7, 11) is 4.24. The third-order valence-electron chi connectivity index (χ3n) is 12.3. The maximum absolute atomic E-state index is 14.2. The number of aromatic hydroxyl groups is 1. The Morgan fingerprint density at radius 3 is 2.06 bits per heavy atom. The van der Waals surface area contributed by atoms with Gasteiger partial charge in [-0.2, -0.15) is 4.58 Å². The van der Waals surface area contributed by atoms with Gasteiger partial charge in [0.25, 0.3) is 5.56 Å². The molecule has 0 saturated heterocycles. The molecule has 0 saturated carbocycles. The molecule has 1 aromatic heterocycles. The third kappa shape index (κ3) is 5.04. The third-order valence-corrected chi connectivity index (χ3v) is 12.3. The zero-order chi connectivity index (χ0) is 38.3. The number of benzene rings is 4. The molecule has 4 aromatic carbocycles. The fraction of sp³-hybridized carbons (Fsp3) is 0.298. The van der Waals surface area contributed by atoms with Crippen LogP contribution >= 0.6 is 0 Å². The Morgan fingerprint density at radius 1 is 0.759 bits per heavy atom. The average molecular weight is 718 g/mol. The quantitative estimate of drug-likeness (QED) is 0.178. The van der Waals surface area contributed by atoms with Crippen LogP contribution in [0.3, 0.4) is 0 Å². The van der Waals surface area contributed by atoms with E-state index in [-0.39, 0.29) is 35.4 Å². The van der Waals surface area contributed by atoms with Crippen molar-refractivity contribution in [1.82, 2.24) is 9.13 Å². The summed E-state index contributed by atoms with van der Waals surface area (Å²) in [4.78, 5) is 29.8. The Bertz CT molecular complexity index is 2710. The van der Waals surface area contributed by atoms with Crippen molar-refractivity contribution in [1.29, 1.82) is 0 Å². The van der Waals surface area contributed by atoms with Crippen molar-refractivity contribution >= 4 is 44.2 Å². The molecular formula is C47H49N4O3+. The molecule has 2 aliphatic heterocycles. The van der Waals surface area contributed by atoms with E-state index in [0.29, 0.717) is 18.4 Å². The van der Waals surface area contributed by atoms with Crippen molar-refractivity contribution < 1.29 is 9.68 Å². The van der Waals surface area contributed by atoms with E-state index in [1.807, 2.05) is 6.92 Å². The van der Waals surface area contributed by atoms with Gasteiger partial charge in [-0.1, -0.05) is 80.6 Å². The molecule has 7 heteroatoms. The smallest absolute Gasteiger partial charge is 0.333 e. The summed E-state index contributed by atoms with van der Waals surface area (Å²) in [6, 6.07) is 25.9. The second kappa shape index (κ2) is 12.7. The first-order valence-electron chi connectivity index (χ1n) is 19.1. The lowest BCUT2D eigenvalue weighted by Gasteiger charge is -2.24. The predicted molar refractivity (Wildman–Crippen MR) is 223 cm³/mol. The lowest BCUT2D eigenvalue weighted by Crippen LogP contribution is -2.41. The lowest BCUT2D eigenvalue weighted by atomic mass is 9.79. The van der Waals surface area contributed by atoms with Gasteiger partial charge in [0.2, 0.25) is 11.6 Å². The van der Waals surface area contributed by atoms with E-state index < -0.39 is 11.2 Å². The summed E-state index contributed by atoms with van der Waals surface area (Å²) in [6.07, 6.45) is 10.0. The van der Waals surface area contributed by atoms with Gasteiger partial charge in [0.15, 0.2) is 5.71 Å². The van der Waals surface area contributed by atoms with E-state index in [9.17, 15) is 14.7 Å². The Kier molecular flexibility index (Phi) is 8.33. The lowest BCUT2D eigenvalue weighted by molar-refractivity contribution is -0.401. The standard InChI is InChI=1S/C47H48N4O3/c1-9-50-43(52)40(44(53)51(10-2)45(50)54)39-31(23-27-37-46(3,4)41-33-17-13-11-15-29(33)21-25-35(41)48(37)7)19-20-32(39)24-28-38-47(5,6)42-34-18-14-12-16-30(34)22-26-36(42)49(38)8/h11-18,21-28H,9-10,19-20H2,1-8H3/p+1/b31-23+,37-27+. The fourth-order valence-electron chi connectivity index (χ4n) is 9.60. The Hall–Kier alpha value is -5.69. The van der Waals surface area contributed by atoms with Crippen molar-refractivity contribution in [2.24, 2.45) is 0 Å². The van der Waals surface area contributed by atoms with E-state index >= 15 is 0 Å². The number of nitrogens with zero attached hydrogens (tertiary/aromatic N) is 4. The molecule has 0 spiro atoms. The normalized spacial score (nSPS) is 19.1. The van der Waals surface area contributed by atoms with Gasteiger partial charge in [0.1, 0.15) is 12.6 Å². The van der Waals surface area contributed by atoms with Crippen LogP contribution in [0.25, 0.3) is 27.1 Å². The minimum Gasteiger partial charge on any atom is -0.494 e. The first-order valence-corrected chi connectivity index (χ1v) is 19.1. The van der Waals surface area contributed by atoms with Gasteiger partial charge in [0, 0.05) is 54.6 Å². The van der Waals surface area contributed by atoms with Crippen molar-refractivity contribution in [3.05, 3.63) is 151 Å². The first kappa shape index (κ1) is 35.3. The molecule has 3 heterocycles. The van der Waals surface area contributed by atoms with Crippen molar-refractivity contribution in [2.75, 3.05) is 19.0 Å². The fourth-order valence-corrected chi connectivity index (χ4v) is 9.60.